The van der Waals surface area contributed by atoms with Crippen molar-refractivity contribution >= 4 is 5.97 Å². The molecule has 1 N–H and O–H groups in total. The van der Waals surface area contributed by atoms with E-state index in [-0.39, 0.29) is 12.2 Å². The Morgan fingerprint density at radius 2 is 2.23 bits per heavy atom. The number of nitriles is 1. The van der Waals surface area contributed by atoms with Crippen LogP contribution in [0, 0.1) is 17.2 Å². The predicted molar refractivity (Wildman–Crippen MR) is 81.9 cm³/mol. The third kappa shape index (κ3) is 6.46. The highest BCUT2D eigenvalue weighted by Crippen LogP contribution is 2.14. The van der Waals surface area contributed by atoms with E-state index < -0.39 is 5.97 Å². The van der Waals surface area contributed by atoms with Crippen molar-refractivity contribution in [3.05, 3.63) is 11.3 Å². The normalized spacial score (nSPS) is 18.5. The average Bonchev–Trinajstić information content (AvgIpc) is 3.03. The van der Waals surface area contributed by atoms with Gasteiger partial charge in [-0.1, -0.05) is 13.3 Å². The Morgan fingerprint density at radius 1 is 1.41 bits per heavy atom. The second kappa shape index (κ2) is 11.0. The molecule has 0 aromatic rings. The highest BCUT2D eigenvalue weighted by atomic mass is 16.6. The van der Waals surface area contributed by atoms with Gasteiger partial charge in [0.1, 0.15) is 12.7 Å². The summed E-state index contributed by atoms with van der Waals surface area (Å²) < 4.78 is 15.5. The first-order valence-electron chi connectivity index (χ1n) is 7.92. The number of hydrogen-bond donors (Lipinski definition) is 1. The number of carbonyl (C=O) groups is 1. The third-order valence-corrected chi connectivity index (χ3v) is 3.41. The fraction of sp³-hybridized carbons (Fsp3) is 0.750. The monoisotopic (exact) mass is 310 g/mol. The van der Waals surface area contributed by atoms with Crippen LogP contribution in [-0.2, 0) is 19.0 Å². The van der Waals surface area contributed by atoms with Crippen LogP contribution in [0.15, 0.2) is 11.3 Å². The molecule has 1 fully saturated rings. The van der Waals surface area contributed by atoms with Crippen LogP contribution in [-0.4, -0.2) is 45.5 Å². The topological polar surface area (TPSA) is 80.6 Å². The zero-order chi connectivity index (χ0) is 16.2. The first-order chi connectivity index (χ1) is 10.7. The molecule has 0 bridgehead atoms. The van der Waals surface area contributed by atoms with Crippen LogP contribution < -0.4 is 5.32 Å². The molecule has 124 valence electrons. The molecule has 1 rings (SSSR count). The summed E-state index contributed by atoms with van der Waals surface area (Å²) in [7, 11) is 0. The fourth-order valence-corrected chi connectivity index (χ4v) is 2.21. The molecular formula is C16H26N2O4. The zero-order valence-corrected chi connectivity index (χ0v) is 13.5. The third-order valence-electron chi connectivity index (χ3n) is 3.41. The van der Waals surface area contributed by atoms with Gasteiger partial charge in [0.15, 0.2) is 5.57 Å². The quantitative estimate of drug-likeness (QED) is 0.287. The van der Waals surface area contributed by atoms with Crippen LogP contribution in [0.25, 0.3) is 0 Å². The van der Waals surface area contributed by atoms with Crippen molar-refractivity contribution in [2.24, 2.45) is 5.92 Å². The summed E-state index contributed by atoms with van der Waals surface area (Å²) in [6.45, 7) is 7.19. The fourth-order valence-electron chi connectivity index (χ4n) is 2.21. The minimum Gasteiger partial charge on any atom is -0.459 e. The van der Waals surface area contributed by atoms with E-state index in [1.165, 1.54) is 0 Å². The Bertz CT molecular complexity index is 409. The van der Waals surface area contributed by atoms with Crippen molar-refractivity contribution in [1.82, 2.24) is 5.32 Å². The molecule has 0 aromatic carbocycles. The molecule has 1 unspecified atom stereocenters. The number of hydrogen-bond acceptors (Lipinski definition) is 6. The van der Waals surface area contributed by atoms with E-state index in [9.17, 15) is 10.1 Å². The summed E-state index contributed by atoms with van der Waals surface area (Å²) in [4.78, 5) is 12.0. The molecular weight excluding hydrogens is 284 g/mol. The van der Waals surface area contributed by atoms with Gasteiger partial charge >= 0.3 is 5.97 Å². The maximum Gasteiger partial charge on any atom is 0.350 e. The second-order valence-electron chi connectivity index (χ2n) is 5.16. The number of allylic oxidation sites excluding steroid dienone is 1. The van der Waals surface area contributed by atoms with E-state index in [1.54, 1.807) is 0 Å². The Morgan fingerprint density at radius 3 is 2.82 bits per heavy atom. The Hall–Kier alpha value is -1.58. The molecule has 1 aliphatic heterocycles. The maximum atomic E-state index is 12.0. The van der Waals surface area contributed by atoms with Crippen LogP contribution in [0.5, 0.6) is 0 Å². The maximum absolute atomic E-state index is 12.0. The van der Waals surface area contributed by atoms with Gasteiger partial charge in [-0.05, 0) is 19.8 Å². The highest BCUT2D eigenvalue weighted by Gasteiger charge is 2.19. The van der Waals surface area contributed by atoms with Crippen molar-refractivity contribution in [3.63, 3.8) is 0 Å². The van der Waals surface area contributed by atoms with Gasteiger partial charge in [-0.15, -0.1) is 0 Å². The van der Waals surface area contributed by atoms with E-state index in [2.05, 4.69) is 5.32 Å². The first-order valence-corrected chi connectivity index (χ1v) is 7.92. The molecule has 0 saturated carbocycles. The van der Waals surface area contributed by atoms with Crippen molar-refractivity contribution in [1.29, 1.82) is 5.26 Å². The molecule has 1 atom stereocenters. The summed E-state index contributed by atoms with van der Waals surface area (Å²) in [5.74, 6) is -0.151. The number of ether oxygens (including phenoxy) is 3. The van der Waals surface area contributed by atoms with Crippen molar-refractivity contribution in [3.8, 4) is 6.07 Å². The molecule has 6 nitrogen and oxygen atoms in total. The summed E-state index contributed by atoms with van der Waals surface area (Å²) in [5.41, 5.74) is 0.732. The van der Waals surface area contributed by atoms with Crippen LogP contribution in [0.4, 0.5) is 0 Å². The van der Waals surface area contributed by atoms with Gasteiger partial charge in [0.25, 0.3) is 0 Å². The smallest absolute Gasteiger partial charge is 0.350 e. The summed E-state index contributed by atoms with van der Waals surface area (Å²) in [6, 6.07) is 1.97. The summed E-state index contributed by atoms with van der Waals surface area (Å²) >= 11 is 0. The van der Waals surface area contributed by atoms with Gasteiger partial charge in [-0.3, -0.25) is 0 Å². The Labute approximate surface area is 132 Å². The van der Waals surface area contributed by atoms with Gasteiger partial charge in [0.05, 0.1) is 13.2 Å². The molecule has 0 aliphatic carbocycles. The van der Waals surface area contributed by atoms with Crippen LogP contribution >= 0.6 is 0 Å². The lowest BCUT2D eigenvalue weighted by atomic mass is 10.1. The first kappa shape index (κ1) is 18.5. The molecule has 1 saturated heterocycles. The molecule has 1 aliphatic rings. The molecule has 22 heavy (non-hydrogen) atoms. The van der Waals surface area contributed by atoms with Crippen molar-refractivity contribution in [2.75, 3.05) is 39.6 Å². The number of nitrogens with one attached hydrogen (secondary N) is 1. The molecule has 0 aromatic heterocycles. The van der Waals surface area contributed by atoms with Gasteiger partial charge in [-0.2, -0.15) is 5.26 Å². The number of rotatable bonds is 10. The van der Waals surface area contributed by atoms with E-state index >= 15 is 0 Å². The lowest BCUT2D eigenvalue weighted by Crippen LogP contribution is -2.26. The lowest BCUT2D eigenvalue weighted by Gasteiger charge is -2.15. The number of nitrogens with zero attached hydrogens (tertiary/aromatic N) is 1. The Balaban J connectivity index is 2.60. The van der Waals surface area contributed by atoms with E-state index in [0.717, 1.165) is 26.1 Å². The zero-order valence-electron chi connectivity index (χ0n) is 13.5. The second-order valence-corrected chi connectivity index (χ2v) is 5.16. The van der Waals surface area contributed by atoms with Crippen LogP contribution in [0.3, 0.4) is 0 Å². The number of carbonyl (C=O) groups excluding carboxylic acids is 1. The molecule has 0 spiro atoms. The van der Waals surface area contributed by atoms with E-state index in [0.29, 0.717) is 37.8 Å². The standard InChI is InChI=1S/C16H26N2O4/c1-3-5-15(18-11-13-6-7-21-12-13)14(10-17)16(19)22-9-8-20-4-2/h13,18H,3-9,11-12H2,1-2H3/b15-14-. The number of esters is 1. The summed E-state index contributed by atoms with van der Waals surface area (Å²) in [6.07, 6.45) is 2.50. The van der Waals surface area contributed by atoms with E-state index in [1.807, 2.05) is 19.9 Å². The van der Waals surface area contributed by atoms with Gasteiger partial charge in [0, 0.05) is 31.4 Å². The minimum absolute atomic E-state index is 0.0669. The molecule has 0 amide bonds. The molecule has 1 heterocycles. The minimum atomic E-state index is -0.583. The molecule has 0 radical (unpaired) electrons. The lowest BCUT2D eigenvalue weighted by molar-refractivity contribution is -0.140. The van der Waals surface area contributed by atoms with Gasteiger partial charge in [0.2, 0.25) is 0 Å². The highest BCUT2D eigenvalue weighted by molar-refractivity contribution is 5.93. The predicted octanol–water partition coefficient (Wildman–Crippen LogP) is 1.77. The largest absolute Gasteiger partial charge is 0.459 e. The van der Waals surface area contributed by atoms with E-state index in [4.69, 9.17) is 14.2 Å². The molecule has 6 heteroatoms. The van der Waals surface area contributed by atoms with Crippen molar-refractivity contribution in [2.45, 2.75) is 33.1 Å². The SMILES string of the molecule is CCC/C(NCC1CCOC1)=C(\C#N)C(=O)OCCOCC. The van der Waals surface area contributed by atoms with Crippen LogP contribution in [0.1, 0.15) is 33.1 Å². The average molecular weight is 310 g/mol. The Kier molecular flexibility index (Phi) is 9.28. The van der Waals surface area contributed by atoms with Crippen LogP contribution in [0.2, 0.25) is 0 Å². The summed E-state index contributed by atoms with van der Waals surface area (Å²) in [5, 5.41) is 12.5. The van der Waals surface area contributed by atoms with Gasteiger partial charge < -0.3 is 19.5 Å². The van der Waals surface area contributed by atoms with Crippen molar-refractivity contribution < 1.29 is 19.0 Å². The van der Waals surface area contributed by atoms with Gasteiger partial charge in [-0.25, -0.2) is 4.79 Å².